The van der Waals surface area contributed by atoms with Crippen LogP contribution in [-0.4, -0.2) is 55.1 Å². The molecule has 1 aromatic rings. The number of aliphatic hydroxyl groups excluding tert-OH is 1. The lowest BCUT2D eigenvalue weighted by atomic mass is 10.0. The Bertz CT molecular complexity index is 429. The molecular weight excluding hydrogens is 270 g/mol. The van der Waals surface area contributed by atoms with Gasteiger partial charge in [-0.25, -0.2) is 0 Å². The summed E-state index contributed by atoms with van der Waals surface area (Å²) in [6, 6.07) is 9.57. The molecule has 5 heteroatoms. The summed E-state index contributed by atoms with van der Waals surface area (Å²) in [6.07, 6.45) is 1.10. The average Bonchev–Trinajstić information content (AvgIpc) is 2.53. The maximum Gasteiger partial charge on any atom is 0.251 e. The fourth-order valence-corrected chi connectivity index (χ4v) is 2.54. The van der Waals surface area contributed by atoms with Gasteiger partial charge in [-0.3, -0.25) is 4.79 Å². The van der Waals surface area contributed by atoms with E-state index in [9.17, 15) is 9.90 Å². The first-order chi connectivity index (χ1) is 10.2. The van der Waals surface area contributed by atoms with Crippen LogP contribution in [-0.2, 0) is 20.7 Å². The van der Waals surface area contributed by atoms with Crippen LogP contribution in [0.5, 0.6) is 0 Å². The number of hydrogen-bond donors (Lipinski definition) is 1. The molecule has 1 saturated heterocycles. The van der Waals surface area contributed by atoms with Crippen molar-refractivity contribution in [3.8, 4) is 0 Å². The van der Waals surface area contributed by atoms with Crippen molar-refractivity contribution < 1.29 is 19.4 Å². The molecule has 1 aliphatic rings. The summed E-state index contributed by atoms with van der Waals surface area (Å²) in [5, 5.41) is 10.1. The minimum absolute atomic E-state index is 0.139. The molecular formula is C16H23NO4. The van der Waals surface area contributed by atoms with Gasteiger partial charge in [0.25, 0.3) is 5.91 Å². The highest BCUT2D eigenvalue weighted by Gasteiger charge is 2.27. The molecule has 1 aliphatic heterocycles. The van der Waals surface area contributed by atoms with Crippen molar-refractivity contribution >= 4 is 5.91 Å². The van der Waals surface area contributed by atoms with Crippen LogP contribution in [0.3, 0.4) is 0 Å². The third kappa shape index (κ3) is 4.81. The second-order valence-corrected chi connectivity index (χ2v) is 5.30. The highest BCUT2D eigenvalue weighted by molar-refractivity contribution is 5.81. The molecule has 116 valence electrons. The van der Waals surface area contributed by atoms with Crippen LogP contribution >= 0.6 is 0 Å². The number of carbonyl (C=O) groups is 1. The van der Waals surface area contributed by atoms with E-state index in [-0.39, 0.29) is 18.8 Å². The maximum atomic E-state index is 12.2. The Kier molecular flexibility index (Phi) is 6.17. The van der Waals surface area contributed by atoms with Crippen LogP contribution in [0.1, 0.15) is 18.4 Å². The zero-order valence-electron chi connectivity index (χ0n) is 12.4. The molecule has 1 N–H and O–H groups in total. The Morgan fingerprint density at radius 3 is 2.62 bits per heavy atom. The quantitative estimate of drug-likeness (QED) is 0.801. The first-order valence-corrected chi connectivity index (χ1v) is 7.32. The molecule has 0 spiro atoms. The average molecular weight is 293 g/mol. The Labute approximate surface area is 125 Å². The van der Waals surface area contributed by atoms with E-state index < -0.39 is 6.10 Å². The maximum absolute atomic E-state index is 12.2. The van der Waals surface area contributed by atoms with E-state index in [0.29, 0.717) is 19.5 Å². The van der Waals surface area contributed by atoms with E-state index in [1.807, 2.05) is 30.3 Å². The Morgan fingerprint density at radius 2 is 2.00 bits per heavy atom. The normalized spacial score (nSPS) is 17.7. The third-order valence-electron chi connectivity index (χ3n) is 3.73. The molecule has 1 fully saturated rings. The van der Waals surface area contributed by atoms with Gasteiger partial charge in [-0.1, -0.05) is 30.3 Å². The molecule has 5 nitrogen and oxygen atoms in total. The van der Waals surface area contributed by atoms with Crippen molar-refractivity contribution in [2.24, 2.45) is 0 Å². The summed E-state index contributed by atoms with van der Waals surface area (Å²) in [5.41, 5.74) is 0.969. The lowest BCUT2D eigenvalue weighted by Gasteiger charge is -2.33. The summed E-state index contributed by atoms with van der Waals surface area (Å²) in [7, 11) is 1.60. The van der Waals surface area contributed by atoms with Crippen molar-refractivity contribution in [2.45, 2.75) is 31.5 Å². The van der Waals surface area contributed by atoms with Gasteiger partial charge in [0.05, 0.1) is 6.10 Å². The van der Waals surface area contributed by atoms with Crippen LogP contribution in [0, 0.1) is 0 Å². The summed E-state index contributed by atoms with van der Waals surface area (Å²) in [4.78, 5) is 14.0. The van der Waals surface area contributed by atoms with Crippen molar-refractivity contribution in [2.75, 3.05) is 27.0 Å². The number of nitrogens with zero attached hydrogens (tertiary/aromatic N) is 1. The zero-order valence-corrected chi connectivity index (χ0v) is 12.4. The van der Waals surface area contributed by atoms with Crippen molar-refractivity contribution in [3.63, 3.8) is 0 Å². The van der Waals surface area contributed by atoms with Crippen LogP contribution in [0.25, 0.3) is 0 Å². The fourth-order valence-electron chi connectivity index (χ4n) is 2.54. The Morgan fingerprint density at radius 1 is 1.33 bits per heavy atom. The summed E-state index contributed by atoms with van der Waals surface area (Å²) in [5.74, 6) is -0.191. The lowest BCUT2D eigenvalue weighted by molar-refractivity contribution is -0.144. The molecule has 1 heterocycles. The smallest absolute Gasteiger partial charge is 0.251 e. The second-order valence-electron chi connectivity index (χ2n) is 5.30. The van der Waals surface area contributed by atoms with E-state index in [4.69, 9.17) is 9.47 Å². The van der Waals surface area contributed by atoms with E-state index in [1.54, 1.807) is 12.0 Å². The number of aliphatic hydroxyl groups is 1. The lowest BCUT2D eigenvalue weighted by Crippen LogP contribution is -2.46. The standard InChI is InChI=1S/C16H23NO4/c1-20-12-21-14-7-9-17(10-8-14)16(19)15(18)11-13-5-3-2-4-6-13/h2-6,14-15,18H,7-12H2,1H3/t15-/m0/s1. The molecule has 0 radical (unpaired) electrons. The van der Waals surface area contributed by atoms with Crippen molar-refractivity contribution in [3.05, 3.63) is 35.9 Å². The van der Waals surface area contributed by atoms with E-state index in [1.165, 1.54) is 0 Å². The fraction of sp³-hybridized carbons (Fsp3) is 0.562. The third-order valence-corrected chi connectivity index (χ3v) is 3.73. The van der Waals surface area contributed by atoms with Gasteiger partial charge in [0, 0.05) is 26.6 Å². The van der Waals surface area contributed by atoms with Crippen LogP contribution in [0.4, 0.5) is 0 Å². The molecule has 21 heavy (non-hydrogen) atoms. The number of benzene rings is 1. The van der Waals surface area contributed by atoms with Gasteiger partial charge < -0.3 is 19.5 Å². The molecule has 0 bridgehead atoms. The van der Waals surface area contributed by atoms with E-state index in [0.717, 1.165) is 18.4 Å². The number of hydrogen-bond acceptors (Lipinski definition) is 4. The van der Waals surface area contributed by atoms with E-state index in [2.05, 4.69) is 0 Å². The highest BCUT2D eigenvalue weighted by atomic mass is 16.7. The molecule has 2 rings (SSSR count). The second kappa shape index (κ2) is 8.12. The molecule has 0 unspecified atom stereocenters. The Hall–Kier alpha value is -1.43. The minimum Gasteiger partial charge on any atom is -0.383 e. The number of methoxy groups -OCH3 is 1. The predicted molar refractivity (Wildman–Crippen MR) is 78.7 cm³/mol. The first-order valence-electron chi connectivity index (χ1n) is 7.32. The molecule has 1 amide bonds. The number of amides is 1. The monoisotopic (exact) mass is 293 g/mol. The number of ether oxygens (including phenoxy) is 2. The van der Waals surface area contributed by atoms with Crippen molar-refractivity contribution in [1.29, 1.82) is 0 Å². The summed E-state index contributed by atoms with van der Waals surface area (Å²) >= 11 is 0. The summed E-state index contributed by atoms with van der Waals surface area (Å²) < 4.78 is 10.4. The Balaban J connectivity index is 1.78. The van der Waals surface area contributed by atoms with Gasteiger partial charge in [-0.2, -0.15) is 0 Å². The van der Waals surface area contributed by atoms with Gasteiger partial charge in [-0.15, -0.1) is 0 Å². The number of piperidine rings is 1. The van der Waals surface area contributed by atoms with Gasteiger partial charge >= 0.3 is 0 Å². The molecule has 1 atom stereocenters. The van der Waals surface area contributed by atoms with E-state index >= 15 is 0 Å². The number of rotatable bonds is 6. The largest absolute Gasteiger partial charge is 0.383 e. The number of likely N-dealkylation sites (tertiary alicyclic amines) is 1. The van der Waals surface area contributed by atoms with Crippen LogP contribution in [0.2, 0.25) is 0 Å². The van der Waals surface area contributed by atoms with Gasteiger partial charge in [0.2, 0.25) is 0 Å². The molecule has 0 saturated carbocycles. The predicted octanol–water partition coefficient (Wildman–Crippen LogP) is 1.20. The minimum atomic E-state index is -0.969. The van der Waals surface area contributed by atoms with Gasteiger partial charge in [-0.05, 0) is 18.4 Å². The van der Waals surface area contributed by atoms with Crippen molar-refractivity contribution in [1.82, 2.24) is 4.90 Å². The number of carbonyl (C=O) groups excluding carboxylic acids is 1. The zero-order chi connectivity index (χ0) is 15.1. The summed E-state index contributed by atoms with van der Waals surface area (Å²) in [6.45, 7) is 1.54. The SMILES string of the molecule is COCOC1CCN(C(=O)[C@@H](O)Cc2ccccc2)CC1. The molecule has 1 aromatic carbocycles. The first kappa shape index (κ1) is 15.9. The highest BCUT2D eigenvalue weighted by Crippen LogP contribution is 2.15. The molecule has 0 aliphatic carbocycles. The topological polar surface area (TPSA) is 59.0 Å². The van der Waals surface area contributed by atoms with Gasteiger partial charge in [0.1, 0.15) is 12.9 Å². The van der Waals surface area contributed by atoms with Crippen LogP contribution in [0.15, 0.2) is 30.3 Å². The molecule has 0 aromatic heterocycles. The van der Waals surface area contributed by atoms with Gasteiger partial charge in [0.15, 0.2) is 0 Å². The van der Waals surface area contributed by atoms with Crippen LogP contribution < -0.4 is 0 Å².